The van der Waals surface area contributed by atoms with Crippen LogP contribution in [-0.2, 0) is 9.47 Å². The summed E-state index contributed by atoms with van der Waals surface area (Å²) in [6, 6.07) is 0.540. The van der Waals surface area contributed by atoms with Crippen LogP contribution in [0.3, 0.4) is 0 Å². The van der Waals surface area contributed by atoms with Gasteiger partial charge < -0.3 is 14.8 Å². The van der Waals surface area contributed by atoms with Crippen LogP contribution in [-0.4, -0.2) is 31.6 Å². The van der Waals surface area contributed by atoms with Crippen molar-refractivity contribution >= 4 is 0 Å². The highest BCUT2D eigenvalue weighted by Gasteiger charge is 2.42. The van der Waals surface area contributed by atoms with Crippen LogP contribution in [0.5, 0.6) is 0 Å². The molecule has 0 amide bonds. The summed E-state index contributed by atoms with van der Waals surface area (Å²) in [5.74, 6) is -0.251. The molecule has 1 unspecified atom stereocenters. The van der Waals surface area contributed by atoms with Gasteiger partial charge >= 0.3 is 0 Å². The van der Waals surface area contributed by atoms with Crippen LogP contribution in [0.4, 0.5) is 0 Å². The smallest absolute Gasteiger partial charge is 0.182 e. The Bertz CT molecular complexity index is 132. The minimum Gasteiger partial charge on any atom is -0.346 e. The molecular weight excluding hydrogens is 154 g/mol. The van der Waals surface area contributed by atoms with Crippen molar-refractivity contribution in [3.63, 3.8) is 0 Å². The topological polar surface area (TPSA) is 30.5 Å². The molecule has 0 bridgehead atoms. The lowest BCUT2D eigenvalue weighted by molar-refractivity contribution is -0.140. The largest absolute Gasteiger partial charge is 0.346 e. The van der Waals surface area contributed by atoms with Gasteiger partial charge in [-0.15, -0.1) is 0 Å². The van der Waals surface area contributed by atoms with E-state index in [4.69, 9.17) is 9.47 Å². The van der Waals surface area contributed by atoms with Crippen molar-refractivity contribution in [3.05, 3.63) is 0 Å². The van der Waals surface area contributed by atoms with Crippen molar-refractivity contribution in [2.45, 2.75) is 39.0 Å². The third-order valence-electron chi connectivity index (χ3n) is 2.15. The van der Waals surface area contributed by atoms with E-state index in [0.717, 1.165) is 26.2 Å². The van der Waals surface area contributed by atoms with E-state index >= 15 is 0 Å². The maximum Gasteiger partial charge on any atom is 0.182 e. The first-order valence-corrected chi connectivity index (χ1v) is 4.82. The molecule has 1 N–H and O–H groups in total. The highest BCUT2D eigenvalue weighted by atomic mass is 16.7. The Kier molecular flexibility index (Phi) is 3.50. The van der Waals surface area contributed by atoms with Crippen molar-refractivity contribution < 1.29 is 9.47 Å². The third-order valence-corrected chi connectivity index (χ3v) is 2.15. The minimum atomic E-state index is -0.251. The van der Waals surface area contributed by atoms with Gasteiger partial charge in [-0.3, -0.25) is 0 Å². The molecule has 2 saturated heterocycles. The summed E-state index contributed by atoms with van der Waals surface area (Å²) in [6.07, 6.45) is 0.993. The second kappa shape index (κ2) is 4.21. The fourth-order valence-electron chi connectivity index (χ4n) is 1.66. The maximum absolute atomic E-state index is 5.49. The van der Waals surface area contributed by atoms with Gasteiger partial charge in [0.05, 0.1) is 19.8 Å². The van der Waals surface area contributed by atoms with Crippen LogP contribution >= 0.6 is 0 Å². The van der Waals surface area contributed by atoms with E-state index in [0.29, 0.717) is 6.04 Å². The number of hydrogen-bond donors (Lipinski definition) is 1. The van der Waals surface area contributed by atoms with Crippen molar-refractivity contribution in [3.8, 4) is 0 Å². The summed E-state index contributed by atoms with van der Waals surface area (Å²) in [6.45, 7) is 8.52. The molecular formula is C9H19NO2. The van der Waals surface area contributed by atoms with E-state index in [2.05, 4.69) is 12.2 Å². The molecule has 0 aromatic heterocycles. The SMILES string of the molecule is CC.CC1CC2(CN1)OCCO2. The molecule has 1 atom stereocenters. The maximum atomic E-state index is 5.49. The number of nitrogens with one attached hydrogen (secondary N) is 1. The molecule has 3 nitrogen and oxygen atoms in total. The Labute approximate surface area is 74.4 Å². The quantitative estimate of drug-likeness (QED) is 0.596. The molecule has 0 saturated carbocycles. The number of hydrogen-bond acceptors (Lipinski definition) is 3. The lowest BCUT2D eigenvalue weighted by Crippen LogP contribution is -2.32. The Hall–Kier alpha value is -0.120. The van der Waals surface area contributed by atoms with Gasteiger partial charge in [-0.25, -0.2) is 0 Å². The van der Waals surface area contributed by atoms with E-state index in [1.807, 2.05) is 13.8 Å². The highest BCUT2D eigenvalue weighted by molar-refractivity contribution is 4.88. The lowest BCUT2D eigenvalue weighted by Gasteiger charge is -2.19. The molecule has 1 spiro atoms. The zero-order valence-electron chi connectivity index (χ0n) is 8.22. The van der Waals surface area contributed by atoms with Crippen LogP contribution in [0.2, 0.25) is 0 Å². The Morgan fingerprint density at radius 1 is 1.25 bits per heavy atom. The average Bonchev–Trinajstić information content (AvgIpc) is 2.68. The molecule has 2 aliphatic rings. The predicted octanol–water partition coefficient (Wildman–Crippen LogP) is 1.14. The molecule has 2 fully saturated rings. The predicted molar refractivity (Wildman–Crippen MR) is 48.1 cm³/mol. The summed E-state index contributed by atoms with van der Waals surface area (Å²) in [4.78, 5) is 0. The fourth-order valence-corrected chi connectivity index (χ4v) is 1.66. The summed E-state index contributed by atoms with van der Waals surface area (Å²) in [5, 5.41) is 3.30. The summed E-state index contributed by atoms with van der Waals surface area (Å²) in [5.41, 5.74) is 0. The van der Waals surface area contributed by atoms with Crippen LogP contribution in [0.1, 0.15) is 27.2 Å². The fraction of sp³-hybridized carbons (Fsp3) is 1.00. The summed E-state index contributed by atoms with van der Waals surface area (Å²) in [7, 11) is 0. The molecule has 0 aromatic carbocycles. The van der Waals surface area contributed by atoms with Crippen molar-refractivity contribution in [1.82, 2.24) is 5.32 Å². The summed E-state index contributed by atoms with van der Waals surface area (Å²) >= 11 is 0. The zero-order chi connectivity index (χ0) is 9.03. The molecule has 2 heterocycles. The molecule has 0 radical (unpaired) electrons. The molecule has 2 rings (SSSR count). The van der Waals surface area contributed by atoms with Crippen LogP contribution in [0.15, 0.2) is 0 Å². The molecule has 72 valence electrons. The van der Waals surface area contributed by atoms with Gasteiger partial charge in [-0.05, 0) is 6.92 Å². The number of ether oxygens (including phenoxy) is 2. The van der Waals surface area contributed by atoms with Crippen molar-refractivity contribution in [2.75, 3.05) is 19.8 Å². The molecule has 12 heavy (non-hydrogen) atoms. The van der Waals surface area contributed by atoms with Gasteiger partial charge in [-0.1, -0.05) is 13.8 Å². The first-order chi connectivity index (χ1) is 5.81. The molecule has 0 aliphatic carbocycles. The summed E-state index contributed by atoms with van der Waals surface area (Å²) < 4.78 is 11.0. The van der Waals surface area contributed by atoms with Gasteiger partial charge in [0, 0.05) is 12.5 Å². The van der Waals surface area contributed by atoms with E-state index in [9.17, 15) is 0 Å². The monoisotopic (exact) mass is 173 g/mol. The third kappa shape index (κ3) is 1.97. The Morgan fingerprint density at radius 2 is 1.83 bits per heavy atom. The van der Waals surface area contributed by atoms with Gasteiger partial charge in [0.25, 0.3) is 0 Å². The first kappa shape index (κ1) is 9.96. The molecule has 2 aliphatic heterocycles. The van der Waals surface area contributed by atoms with E-state index < -0.39 is 0 Å². The van der Waals surface area contributed by atoms with Crippen LogP contribution in [0.25, 0.3) is 0 Å². The van der Waals surface area contributed by atoms with Gasteiger partial charge in [0.15, 0.2) is 5.79 Å². The van der Waals surface area contributed by atoms with Crippen LogP contribution in [0, 0.1) is 0 Å². The van der Waals surface area contributed by atoms with Crippen LogP contribution < -0.4 is 5.32 Å². The Morgan fingerprint density at radius 3 is 2.25 bits per heavy atom. The lowest BCUT2D eigenvalue weighted by atomic mass is 10.2. The molecule has 0 aromatic rings. The Balaban J connectivity index is 0.000000336. The van der Waals surface area contributed by atoms with E-state index in [1.165, 1.54) is 0 Å². The van der Waals surface area contributed by atoms with E-state index in [-0.39, 0.29) is 5.79 Å². The molecule has 3 heteroatoms. The van der Waals surface area contributed by atoms with Gasteiger partial charge in [0.2, 0.25) is 0 Å². The van der Waals surface area contributed by atoms with Gasteiger partial charge in [0.1, 0.15) is 0 Å². The second-order valence-electron chi connectivity index (χ2n) is 3.09. The normalized spacial score (nSPS) is 31.8. The van der Waals surface area contributed by atoms with Gasteiger partial charge in [-0.2, -0.15) is 0 Å². The highest BCUT2D eigenvalue weighted by Crippen LogP contribution is 2.28. The average molecular weight is 173 g/mol. The first-order valence-electron chi connectivity index (χ1n) is 4.82. The van der Waals surface area contributed by atoms with E-state index in [1.54, 1.807) is 0 Å². The second-order valence-corrected chi connectivity index (χ2v) is 3.09. The number of rotatable bonds is 0. The van der Waals surface area contributed by atoms with Crippen molar-refractivity contribution in [1.29, 1.82) is 0 Å². The van der Waals surface area contributed by atoms with Crippen molar-refractivity contribution in [2.24, 2.45) is 0 Å². The standard InChI is InChI=1S/C7H13NO2.C2H6/c1-6-4-7(5-8-6)9-2-3-10-7;1-2/h6,8H,2-5H2,1H3;1-2H3. The minimum absolute atomic E-state index is 0.251. The zero-order valence-corrected chi connectivity index (χ0v) is 8.22.